The topological polar surface area (TPSA) is 134 Å². The maximum atomic E-state index is 11.8. The molecule has 0 unspecified atom stereocenters. The fraction of sp³-hybridized carbons (Fsp3) is 0.576. The monoisotopic (exact) mass is 572 g/mol. The molecule has 0 fully saturated rings. The van der Waals surface area contributed by atoms with Crippen molar-refractivity contribution in [1.82, 2.24) is 0 Å². The molecule has 0 heterocycles. The molecule has 0 atom stereocenters. The number of carboxylic acid groups (broad SMARTS) is 2. The van der Waals surface area contributed by atoms with Crippen LogP contribution in [0.15, 0.2) is 12.1 Å². The van der Waals surface area contributed by atoms with E-state index in [4.69, 9.17) is 9.47 Å². The highest BCUT2D eigenvalue weighted by molar-refractivity contribution is 5.69. The van der Waals surface area contributed by atoms with Gasteiger partial charge in [-0.1, -0.05) is 53.7 Å². The minimum Gasteiger partial charge on any atom is -0.507 e. The maximum Gasteiger partial charge on any atom is 0.303 e. The Morgan fingerprint density at radius 2 is 0.976 bits per heavy atom. The fourth-order valence-corrected chi connectivity index (χ4v) is 5.71. The van der Waals surface area contributed by atoms with Crippen LogP contribution >= 0.6 is 0 Å². The molecule has 0 bridgehead atoms. The maximum absolute atomic E-state index is 11.8. The molecule has 0 amide bonds. The standard InChI is InChI=1S/C33H48O8/c1-11-40-33(41-12-2,25-21(13-15-23(34)35)17-19(3)29(38)27(25)31(5,6)7)26-22(14-16-24(36)37)18-20(4)30(39)28(26)32(8,9)10/h17-18,38-39H,11-16H2,1-10H3,(H,34,35)(H,36,37). The second-order valence-corrected chi connectivity index (χ2v) is 12.7. The van der Waals surface area contributed by atoms with Gasteiger partial charge in [0.2, 0.25) is 5.79 Å². The number of hydrogen-bond donors (Lipinski definition) is 4. The summed E-state index contributed by atoms with van der Waals surface area (Å²) in [7, 11) is 0. The van der Waals surface area contributed by atoms with E-state index >= 15 is 0 Å². The molecular formula is C33H48O8. The van der Waals surface area contributed by atoms with Crippen LogP contribution in [0.5, 0.6) is 11.5 Å². The van der Waals surface area contributed by atoms with Crippen molar-refractivity contribution in [2.24, 2.45) is 0 Å². The Morgan fingerprint density at radius 1 is 0.659 bits per heavy atom. The first-order valence-corrected chi connectivity index (χ1v) is 14.3. The average Bonchev–Trinajstić information content (AvgIpc) is 2.82. The first kappa shape index (κ1) is 34.1. The summed E-state index contributed by atoms with van der Waals surface area (Å²) in [4.78, 5) is 23.5. The van der Waals surface area contributed by atoms with E-state index in [1.54, 1.807) is 26.0 Å². The van der Waals surface area contributed by atoms with Gasteiger partial charge < -0.3 is 29.9 Å². The summed E-state index contributed by atoms with van der Waals surface area (Å²) in [5.41, 5.74) is 3.25. The zero-order valence-electron chi connectivity index (χ0n) is 26.3. The van der Waals surface area contributed by atoms with Gasteiger partial charge in [-0.15, -0.1) is 0 Å². The molecule has 0 spiro atoms. The molecule has 2 aromatic rings. The lowest BCUT2D eigenvalue weighted by Crippen LogP contribution is -2.42. The van der Waals surface area contributed by atoms with Crippen molar-refractivity contribution in [3.05, 3.63) is 56.6 Å². The largest absolute Gasteiger partial charge is 0.507 e. The summed E-state index contributed by atoms with van der Waals surface area (Å²) < 4.78 is 13.3. The number of phenolic OH excluding ortho intramolecular Hbond substituents is 2. The third-order valence-electron chi connectivity index (χ3n) is 7.21. The number of benzene rings is 2. The van der Waals surface area contributed by atoms with Gasteiger partial charge in [0.25, 0.3) is 0 Å². The van der Waals surface area contributed by atoms with E-state index in [9.17, 15) is 30.0 Å². The Morgan fingerprint density at radius 3 is 1.22 bits per heavy atom. The molecule has 0 aliphatic carbocycles. The molecular weight excluding hydrogens is 524 g/mol. The van der Waals surface area contributed by atoms with Gasteiger partial charge in [-0.2, -0.15) is 0 Å². The summed E-state index contributed by atoms with van der Waals surface area (Å²) in [6.45, 7) is 19.3. The number of carboxylic acids is 2. The van der Waals surface area contributed by atoms with Crippen molar-refractivity contribution in [1.29, 1.82) is 0 Å². The van der Waals surface area contributed by atoms with Gasteiger partial charge >= 0.3 is 11.9 Å². The smallest absolute Gasteiger partial charge is 0.303 e. The molecule has 0 aromatic heterocycles. The molecule has 8 nitrogen and oxygen atoms in total. The predicted octanol–water partition coefficient (Wildman–Crippen LogP) is 6.62. The number of aromatic hydroxyl groups is 2. The SMILES string of the molecule is CCOC(OCC)(c1c(CCC(=O)O)cc(C)c(O)c1C(C)(C)C)c1c(CCC(=O)O)cc(C)c(O)c1C(C)(C)C. The highest BCUT2D eigenvalue weighted by atomic mass is 16.7. The van der Waals surface area contributed by atoms with E-state index in [-0.39, 0.29) is 50.4 Å². The summed E-state index contributed by atoms with van der Waals surface area (Å²) in [5.74, 6) is -3.54. The van der Waals surface area contributed by atoms with E-state index in [0.29, 0.717) is 44.5 Å². The Kier molecular flexibility index (Phi) is 10.7. The van der Waals surface area contributed by atoms with Gasteiger partial charge in [-0.25, -0.2) is 0 Å². The van der Waals surface area contributed by atoms with Gasteiger partial charge in [-0.05, 0) is 73.6 Å². The number of carbonyl (C=O) groups is 2. The zero-order chi connectivity index (χ0) is 31.5. The second-order valence-electron chi connectivity index (χ2n) is 12.7. The molecule has 228 valence electrons. The number of aryl methyl sites for hydroxylation is 4. The van der Waals surface area contributed by atoms with Gasteiger partial charge in [-0.3, -0.25) is 9.59 Å². The highest BCUT2D eigenvalue weighted by Gasteiger charge is 2.48. The Hall–Kier alpha value is -3.10. The Balaban J connectivity index is 3.38. The van der Waals surface area contributed by atoms with Crippen molar-refractivity contribution in [3.8, 4) is 11.5 Å². The number of ether oxygens (including phenoxy) is 2. The van der Waals surface area contributed by atoms with Crippen molar-refractivity contribution < 1.29 is 39.5 Å². The molecule has 0 saturated heterocycles. The minimum atomic E-state index is -1.70. The lowest BCUT2D eigenvalue weighted by molar-refractivity contribution is -0.215. The van der Waals surface area contributed by atoms with E-state index < -0.39 is 28.6 Å². The van der Waals surface area contributed by atoms with Gasteiger partial charge in [0.1, 0.15) is 11.5 Å². The average molecular weight is 573 g/mol. The van der Waals surface area contributed by atoms with Crippen LogP contribution in [0.4, 0.5) is 0 Å². The first-order valence-electron chi connectivity index (χ1n) is 14.3. The van der Waals surface area contributed by atoms with Crippen molar-refractivity contribution in [2.75, 3.05) is 13.2 Å². The predicted molar refractivity (Wildman–Crippen MR) is 159 cm³/mol. The molecule has 0 aliphatic heterocycles. The normalized spacial score (nSPS) is 12.5. The molecule has 4 N–H and O–H groups in total. The number of phenols is 2. The quantitative estimate of drug-likeness (QED) is 0.209. The molecule has 8 heteroatoms. The van der Waals surface area contributed by atoms with Crippen molar-refractivity contribution in [2.45, 2.75) is 112 Å². The van der Waals surface area contributed by atoms with Crippen LogP contribution in [-0.2, 0) is 48.5 Å². The van der Waals surface area contributed by atoms with E-state index in [1.807, 2.05) is 55.4 Å². The summed E-state index contributed by atoms with van der Waals surface area (Å²) >= 11 is 0. The number of aliphatic carboxylic acids is 2. The molecule has 2 rings (SSSR count). The van der Waals surface area contributed by atoms with Crippen LogP contribution < -0.4 is 0 Å². The van der Waals surface area contributed by atoms with Crippen LogP contribution in [0, 0.1) is 13.8 Å². The van der Waals surface area contributed by atoms with Crippen molar-refractivity contribution in [3.63, 3.8) is 0 Å². The first-order chi connectivity index (χ1) is 18.8. The Labute approximate surface area is 244 Å². The van der Waals surface area contributed by atoms with Crippen molar-refractivity contribution >= 4 is 11.9 Å². The third kappa shape index (κ3) is 7.22. The number of hydrogen-bond acceptors (Lipinski definition) is 6. The summed E-state index contributed by atoms with van der Waals surface area (Å²) in [6, 6.07) is 3.55. The third-order valence-corrected chi connectivity index (χ3v) is 7.21. The fourth-order valence-electron chi connectivity index (χ4n) is 5.71. The van der Waals surface area contributed by atoms with Crippen LogP contribution in [0.3, 0.4) is 0 Å². The van der Waals surface area contributed by atoms with Gasteiger partial charge in [0.05, 0.1) is 0 Å². The van der Waals surface area contributed by atoms with Crippen LogP contribution in [0.1, 0.15) is 113 Å². The Bertz CT molecular complexity index is 1180. The zero-order valence-corrected chi connectivity index (χ0v) is 26.3. The van der Waals surface area contributed by atoms with E-state index in [2.05, 4.69) is 0 Å². The summed E-state index contributed by atoms with van der Waals surface area (Å²) in [5, 5.41) is 42.4. The van der Waals surface area contributed by atoms with E-state index in [1.165, 1.54) is 0 Å². The second kappa shape index (κ2) is 12.8. The highest BCUT2D eigenvalue weighted by Crippen LogP contribution is 2.52. The molecule has 2 aromatic carbocycles. The lowest BCUT2D eigenvalue weighted by Gasteiger charge is -2.43. The molecule has 0 saturated carbocycles. The number of rotatable bonds is 12. The minimum absolute atomic E-state index is 0.0519. The molecule has 0 aliphatic rings. The van der Waals surface area contributed by atoms with E-state index in [0.717, 1.165) is 0 Å². The van der Waals surface area contributed by atoms with Gasteiger partial charge in [0, 0.05) is 48.3 Å². The van der Waals surface area contributed by atoms with Gasteiger partial charge in [0.15, 0.2) is 0 Å². The van der Waals surface area contributed by atoms with Crippen LogP contribution in [0.2, 0.25) is 0 Å². The van der Waals surface area contributed by atoms with Crippen LogP contribution in [-0.4, -0.2) is 45.6 Å². The molecule has 41 heavy (non-hydrogen) atoms. The summed E-state index contributed by atoms with van der Waals surface area (Å²) in [6.07, 6.45) is -0.0353. The molecule has 0 radical (unpaired) electrons. The van der Waals surface area contributed by atoms with Crippen LogP contribution in [0.25, 0.3) is 0 Å². The lowest BCUT2D eigenvalue weighted by atomic mass is 9.71.